The zero-order valence-corrected chi connectivity index (χ0v) is 9.48. The number of nitrogens with zero attached hydrogens (tertiary/aromatic N) is 3. The van der Waals surface area contributed by atoms with Gasteiger partial charge in [0.05, 0.1) is 5.69 Å². The smallest absolute Gasteiger partial charge is 0.326 e. The highest BCUT2D eigenvalue weighted by Crippen LogP contribution is 2.18. The van der Waals surface area contributed by atoms with E-state index in [1.165, 1.54) is 4.68 Å². The number of nitrogens with one attached hydrogen (secondary N) is 1. The first-order valence-electron chi connectivity index (χ1n) is 4.94. The zero-order valence-electron chi connectivity index (χ0n) is 9.48. The first-order valence-corrected chi connectivity index (χ1v) is 4.94. The molecule has 16 heavy (non-hydrogen) atoms. The van der Waals surface area contributed by atoms with Crippen LogP contribution < -0.4 is 5.32 Å². The molecule has 0 aliphatic carbocycles. The number of rotatable bonds is 4. The number of carbonyl (C=O) groups is 1. The summed E-state index contributed by atoms with van der Waals surface area (Å²) < 4.78 is 1.49. The molecular weight excluding hydrogens is 208 g/mol. The van der Waals surface area contributed by atoms with Gasteiger partial charge in [0.2, 0.25) is 0 Å². The fourth-order valence-corrected chi connectivity index (χ4v) is 1.46. The van der Waals surface area contributed by atoms with Crippen molar-refractivity contribution in [3.05, 3.63) is 11.3 Å². The van der Waals surface area contributed by atoms with Crippen molar-refractivity contribution in [2.45, 2.75) is 26.3 Å². The van der Waals surface area contributed by atoms with Crippen molar-refractivity contribution in [1.29, 1.82) is 5.26 Å². The van der Waals surface area contributed by atoms with Crippen LogP contribution in [0.25, 0.3) is 0 Å². The van der Waals surface area contributed by atoms with Gasteiger partial charge >= 0.3 is 5.97 Å². The lowest BCUT2D eigenvalue weighted by molar-refractivity contribution is -0.137. The molecule has 1 aromatic rings. The molecule has 0 bridgehead atoms. The van der Waals surface area contributed by atoms with Crippen LogP contribution in [0.1, 0.15) is 24.6 Å². The normalized spacial score (nSPS) is 11.9. The number of hydrogen-bond acceptors (Lipinski definition) is 4. The molecule has 0 amide bonds. The van der Waals surface area contributed by atoms with Crippen molar-refractivity contribution >= 4 is 11.8 Å². The van der Waals surface area contributed by atoms with Crippen LogP contribution in [0.2, 0.25) is 0 Å². The number of aryl methyl sites for hydroxylation is 2. The van der Waals surface area contributed by atoms with Gasteiger partial charge in [0.1, 0.15) is 23.5 Å². The molecule has 86 valence electrons. The average Bonchev–Trinajstić information content (AvgIpc) is 2.48. The van der Waals surface area contributed by atoms with Gasteiger partial charge in [-0.1, -0.05) is 6.92 Å². The molecule has 0 fully saturated rings. The molecule has 0 saturated heterocycles. The Morgan fingerprint density at radius 1 is 1.75 bits per heavy atom. The monoisotopic (exact) mass is 222 g/mol. The highest BCUT2D eigenvalue weighted by atomic mass is 16.4. The molecule has 1 rings (SSSR count). The summed E-state index contributed by atoms with van der Waals surface area (Å²) in [4.78, 5) is 10.9. The average molecular weight is 222 g/mol. The molecule has 1 atom stereocenters. The molecular formula is C10H14N4O2. The van der Waals surface area contributed by atoms with Gasteiger partial charge in [-0.05, 0) is 13.3 Å². The van der Waals surface area contributed by atoms with Crippen LogP contribution in [0.15, 0.2) is 0 Å². The highest BCUT2D eigenvalue weighted by molar-refractivity contribution is 5.77. The van der Waals surface area contributed by atoms with E-state index in [0.717, 1.165) is 0 Å². The van der Waals surface area contributed by atoms with Crippen molar-refractivity contribution in [2.24, 2.45) is 7.05 Å². The van der Waals surface area contributed by atoms with E-state index in [9.17, 15) is 4.79 Å². The molecule has 1 unspecified atom stereocenters. The van der Waals surface area contributed by atoms with Crippen molar-refractivity contribution in [3.8, 4) is 6.07 Å². The van der Waals surface area contributed by atoms with Crippen LogP contribution in [0.4, 0.5) is 5.82 Å². The number of aliphatic carboxylic acids is 1. The zero-order chi connectivity index (χ0) is 12.3. The van der Waals surface area contributed by atoms with E-state index in [4.69, 9.17) is 10.4 Å². The third kappa shape index (κ3) is 2.14. The van der Waals surface area contributed by atoms with Gasteiger partial charge in [0.15, 0.2) is 0 Å². The number of nitriles is 1. The standard InChI is InChI=1S/C10H14N4O2/c1-4-8(10(15)16)12-9-7(5-11)6(2)13-14(9)3/h8,12H,4H2,1-3H3,(H,15,16). The van der Waals surface area contributed by atoms with E-state index >= 15 is 0 Å². The van der Waals surface area contributed by atoms with Gasteiger partial charge in [-0.15, -0.1) is 0 Å². The van der Waals surface area contributed by atoms with Crippen molar-refractivity contribution < 1.29 is 9.90 Å². The first kappa shape index (κ1) is 12.0. The second kappa shape index (κ2) is 4.66. The van der Waals surface area contributed by atoms with Crippen LogP contribution >= 0.6 is 0 Å². The number of carboxylic acid groups (broad SMARTS) is 1. The summed E-state index contributed by atoms with van der Waals surface area (Å²) in [5.74, 6) is -0.487. The van der Waals surface area contributed by atoms with E-state index in [1.807, 2.05) is 6.07 Å². The second-order valence-corrected chi connectivity index (χ2v) is 3.49. The molecule has 6 nitrogen and oxygen atoms in total. The Morgan fingerprint density at radius 3 is 2.81 bits per heavy atom. The summed E-state index contributed by atoms with van der Waals surface area (Å²) in [5, 5.41) is 24.7. The Morgan fingerprint density at radius 2 is 2.38 bits per heavy atom. The lowest BCUT2D eigenvalue weighted by Gasteiger charge is -2.13. The minimum absolute atomic E-state index is 0.391. The topological polar surface area (TPSA) is 90.9 Å². The minimum Gasteiger partial charge on any atom is -0.480 e. The predicted molar refractivity (Wildman–Crippen MR) is 58.0 cm³/mol. The summed E-state index contributed by atoms with van der Waals surface area (Å²) in [6.07, 6.45) is 0.435. The van der Waals surface area contributed by atoms with Gasteiger partial charge in [-0.25, -0.2) is 4.79 Å². The lowest BCUT2D eigenvalue weighted by Crippen LogP contribution is -2.29. The molecule has 0 aliphatic rings. The fraction of sp³-hybridized carbons (Fsp3) is 0.500. The van der Waals surface area contributed by atoms with E-state index < -0.39 is 12.0 Å². The van der Waals surface area contributed by atoms with Gasteiger partial charge < -0.3 is 10.4 Å². The SMILES string of the molecule is CCC(Nc1c(C#N)c(C)nn1C)C(=O)O. The van der Waals surface area contributed by atoms with Crippen LogP contribution in [0.5, 0.6) is 0 Å². The Kier molecular flexibility index (Phi) is 3.51. The molecule has 1 heterocycles. The molecule has 0 aromatic carbocycles. The summed E-state index contributed by atoms with van der Waals surface area (Å²) in [5.41, 5.74) is 0.981. The quantitative estimate of drug-likeness (QED) is 0.788. The maximum absolute atomic E-state index is 10.9. The Hall–Kier alpha value is -2.03. The third-order valence-electron chi connectivity index (χ3n) is 2.35. The van der Waals surface area contributed by atoms with Crippen LogP contribution in [0.3, 0.4) is 0 Å². The van der Waals surface area contributed by atoms with Crippen LogP contribution in [0, 0.1) is 18.3 Å². The molecule has 0 saturated carbocycles. The number of aromatic nitrogens is 2. The fourth-order valence-electron chi connectivity index (χ4n) is 1.46. The Balaban J connectivity index is 3.05. The molecule has 0 radical (unpaired) electrons. The summed E-state index contributed by atoms with van der Waals surface area (Å²) in [7, 11) is 1.67. The predicted octanol–water partition coefficient (Wildman–Crippen LogP) is 0.875. The second-order valence-electron chi connectivity index (χ2n) is 3.49. The van der Waals surface area contributed by atoms with Gasteiger partial charge in [0, 0.05) is 7.05 Å². The minimum atomic E-state index is -0.940. The van der Waals surface area contributed by atoms with Crippen molar-refractivity contribution in [2.75, 3.05) is 5.32 Å². The molecule has 2 N–H and O–H groups in total. The Bertz CT molecular complexity index is 444. The summed E-state index contributed by atoms with van der Waals surface area (Å²) in [6, 6.07) is 1.31. The number of anilines is 1. The van der Waals surface area contributed by atoms with Gasteiger partial charge in [0.25, 0.3) is 0 Å². The Labute approximate surface area is 93.5 Å². The number of carboxylic acids is 1. The van der Waals surface area contributed by atoms with Gasteiger partial charge in [-0.2, -0.15) is 10.4 Å². The first-order chi connectivity index (χ1) is 7.51. The van der Waals surface area contributed by atoms with Crippen LogP contribution in [-0.2, 0) is 11.8 Å². The molecule has 6 heteroatoms. The van der Waals surface area contributed by atoms with E-state index in [0.29, 0.717) is 23.5 Å². The van der Waals surface area contributed by atoms with Gasteiger partial charge in [-0.3, -0.25) is 4.68 Å². The third-order valence-corrected chi connectivity index (χ3v) is 2.35. The largest absolute Gasteiger partial charge is 0.480 e. The molecule has 0 spiro atoms. The van der Waals surface area contributed by atoms with E-state index in [1.54, 1.807) is 20.9 Å². The van der Waals surface area contributed by atoms with E-state index in [2.05, 4.69) is 10.4 Å². The lowest BCUT2D eigenvalue weighted by atomic mass is 10.2. The van der Waals surface area contributed by atoms with Crippen molar-refractivity contribution in [1.82, 2.24) is 9.78 Å². The highest BCUT2D eigenvalue weighted by Gasteiger charge is 2.20. The number of hydrogen-bond donors (Lipinski definition) is 2. The maximum Gasteiger partial charge on any atom is 0.326 e. The van der Waals surface area contributed by atoms with E-state index in [-0.39, 0.29) is 0 Å². The maximum atomic E-state index is 10.9. The van der Waals surface area contributed by atoms with Crippen LogP contribution in [-0.4, -0.2) is 26.9 Å². The summed E-state index contributed by atoms with van der Waals surface area (Å²) >= 11 is 0. The molecule has 0 aliphatic heterocycles. The summed E-state index contributed by atoms with van der Waals surface area (Å²) in [6.45, 7) is 3.48. The van der Waals surface area contributed by atoms with Crippen molar-refractivity contribution in [3.63, 3.8) is 0 Å². The molecule has 1 aromatic heterocycles.